The van der Waals surface area contributed by atoms with E-state index >= 15 is 0 Å². The van der Waals surface area contributed by atoms with Gasteiger partial charge in [0.05, 0.1) is 0 Å². The van der Waals surface area contributed by atoms with Gasteiger partial charge in [0.1, 0.15) is 0 Å². The summed E-state index contributed by atoms with van der Waals surface area (Å²) in [4.78, 5) is 18.4. The minimum absolute atomic E-state index is 0. The SMILES string of the molecule is CN=C(NCC(C)c1cccc(C)c1)NC1CCN(C(=O)C(C)C)CC1.I. The van der Waals surface area contributed by atoms with Gasteiger partial charge in [-0.1, -0.05) is 50.6 Å². The Balaban J connectivity index is 0.00000364. The molecule has 1 aromatic rings. The molecule has 27 heavy (non-hydrogen) atoms. The minimum Gasteiger partial charge on any atom is -0.356 e. The van der Waals surface area contributed by atoms with Crippen molar-refractivity contribution in [3.05, 3.63) is 35.4 Å². The van der Waals surface area contributed by atoms with Crippen LogP contribution in [0, 0.1) is 12.8 Å². The van der Waals surface area contributed by atoms with E-state index in [-0.39, 0.29) is 35.8 Å². The number of hydrogen-bond donors (Lipinski definition) is 2. The third-order valence-electron chi connectivity index (χ3n) is 5.05. The predicted octanol–water partition coefficient (Wildman–Crippen LogP) is 3.53. The molecule has 5 nitrogen and oxygen atoms in total. The van der Waals surface area contributed by atoms with Crippen molar-refractivity contribution in [2.45, 2.75) is 52.5 Å². The summed E-state index contributed by atoms with van der Waals surface area (Å²) in [6, 6.07) is 9.02. The average molecular weight is 486 g/mol. The molecule has 6 heteroatoms. The number of benzene rings is 1. The zero-order valence-corrected chi connectivity index (χ0v) is 19.6. The molecule has 0 radical (unpaired) electrons. The fourth-order valence-electron chi connectivity index (χ4n) is 3.34. The van der Waals surface area contributed by atoms with E-state index in [4.69, 9.17) is 0 Å². The number of halogens is 1. The Hall–Kier alpha value is -1.31. The van der Waals surface area contributed by atoms with Gasteiger partial charge in [0.2, 0.25) is 5.91 Å². The number of nitrogens with zero attached hydrogens (tertiary/aromatic N) is 2. The van der Waals surface area contributed by atoms with Crippen LogP contribution in [0.3, 0.4) is 0 Å². The molecule has 2 N–H and O–H groups in total. The van der Waals surface area contributed by atoms with Gasteiger partial charge in [0.15, 0.2) is 5.96 Å². The number of amides is 1. The van der Waals surface area contributed by atoms with E-state index < -0.39 is 0 Å². The fraction of sp³-hybridized carbons (Fsp3) is 0.619. The molecule has 1 aromatic carbocycles. The van der Waals surface area contributed by atoms with Crippen molar-refractivity contribution in [1.82, 2.24) is 15.5 Å². The van der Waals surface area contributed by atoms with Crippen LogP contribution in [0.25, 0.3) is 0 Å². The number of aryl methyl sites for hydroxylation is 1. The molecule has 1 heterocycles. The number of nitrogens with one attached hydrogen (secondary N) is 2. The molecule has 0 aromatic heterocycles. The van der Waals surface area contributed by atoms with Crippen molar-refractivity contribution >= 4 is 35.8 Å². The molecule has 0 spiro atoms. The van der Waals surface area contributed by atoms with Crippen LogP contribution in [0.2, 0.25) is 0 Å². The molecule has 0 saturated carbocycles. The van der Waals surface area contributed by atoms with Crippen LogP contribution in [0.5, 0.6) is 0 Å². The first-order chi connectivity index (χ1) is 12.4. The lowest BCUT2D eigenvalue weighted by Gasteiger charge is -2.34. The van der Waals surface area contributed by atoms with Gasteiger partial charge in [0, 0.05) is 38.6 Å². The fourth-order valence-corrected chi connectivity index (χ4v) is 3.34. The van der Waals surface area contributed by atoms with Crippen molar-refractivity contribution in [1.29, 1.82) is 0 Å². The Morgan fingerprint density at radius 1 is 1.26 bits per heavy atom. The summed E-state index contributed by atoms with van der Waals surface area (Å²) in [6.45, 7) is 10.8. The molecular formula is C21H35IN4O. The smallest absolute Gasteiger partial charge is 0.225 e. The van der Waals surface area contributed by atoms with Gasteiger partial charge in [-0.2, -0.15) is 0 Å². The second-order valence-corrected chi connectivity index (χ2v) is 7.67. The first-order valence-corrected chi connectivity index (χ1v) is 9.73. The molecule has 0 bridgehead atoms. The molecule has 2 rings (SSSR count). The van der Waals surface area contributed by atoms with Crippen molar-refractivity contribution in [3.63, 3.8) is 0 Å². The number of piperidine rings is 1. The third kappa shape index (κ3) is 7.31. The molecular weight excluding hydrogens is 451 g/mol. The molecule has 0 aliphatic carbocycles. The summed E-state index contributed by atoms with van der Waals surface area (Å²) in [5.74, 6) is 1.60. The lowest BCUT2D eigenvalue weighted by atomic mass is 9.99. The van der Waals surface area contributed by atoms with E-state index in [2.05, 4.69) is 53.7 Å². The standard InChI is InChI=1S/C21H34N4O.HI/c1-15(2)20(26)25-11-9-19(10-12-25)24-21(22-5)23-14-17(4)18-8-6-7-16(3)13-18;/h6-8,13,15,17,19H,9-12,14H2,1-5H3,(H2,22,23,24);1H. The summed E-state index contributed by atoms with van der Waals surface area (Å²) < 4.78 is 0. The highest BCUT2D eigenvalue weighted by Gasteiger charge is 2.24. The van der Waals surface area contributed by atoms with E-state index in [0.717, 1.165) is 38.4 Å². The van der Waals surface area contributed by atoms with E-state index in [1.165, 1.54) is 11.1 Å². The maximum Gasteiger partial charge on any atom is 0.225 e. The van der Waals surface area contributed by atoms with Crippen LogP contribution in [0.4, 0.5) is 0 Å². The van der Waals surface area contributed by atoms with Crippen molar-refractivity contribution < 1.29 is 4.79 Å². The molecule has 152 valence electrons. The number of rotatable bonds is 5. The molecule has 1 fully saturated rings. The third-order valence-corrected chi connectivity index (χ3v) is 5.05. The van der Waals surface area contributed by atoms with Crippen molar-refractivity contribution in [3.8, 4) is 0 Å². The van der Waals surface area contributed by atoms with E-state index in [1.807, 2.05) is 25.8 Å². The zero-order chi connectivity index (χ0) is 19.1. The number of carbonyl (C=O) groups excluding carboxylic acids is 1. The number of hydrogen-bond acceptors (Lipinski definition) is 2. The maximum atomic E-state index is 12.1. The predicted molar refractivity (Wildman–Crippen MR) is 124 cm³/mol. The molecule has 1 amide bonds. The number of carbonyl (C=O) groups is 1. The van der Waals surface area contributed by atoms with E-state index in [9.17, 15) is 4.79 Å². The Bertz CT molecular complexity index is 624. The maximum absolute atomic E-state index is 12.1. The van der Waals surface area contributed by atoms with Gasteiger partial charge in [0.25, 0.3) is 0 Å². The van der Waals surface area contributed by atoms with Gasteiger partial charge in [-0.25, -0.2) is 0 Å². The monoisotopic (exact) mass is 486 g/mol. The second kappa shape index (κ2) is 11.5. The van der Waals surface area contributed by atoms with E-state index in [0.29, 0.717) is 12.0 Å². The first kappa shape index (κ1) is 23.7. The van der Waals surface area contributed by atoms with Gasteiger partial charge in [-0.05, 0) is 31.2 Å². The molecule has 1 saturated heterocycles. The molecule has 1 aliphatic heterocycles. The number of likely N-dealkylation sites (tertiary alicyclic amines) is 1. The Morgan fingerprint density at radius 3 is 2.48 bits per heavy atom. The number of aliphatic imine (C=N–C) groups is 1. The van der Waals surface area contributed by atoms with Gasteiger partial charge in [-0.3, -0.25) is 9.79 Å². The first-order valence-electron chi connectivity index (χ1n) is 9.73. The van der Waals surface area contributed by atoms with Crippen molar-refractivity contribution in [2.24, 2.45) is 10.9 Å². The Kier molecular flexibility index (Phi) is 10.1. The topological polar surface area (TPSA) is 56.7 Å². The normalized spacial score (nSPS) is 16.7. The van der Waals surface area contributed by atoms with Crippen LogP contribution in [0.1, 0.15) is 50.7 Å². The highest BCUT2D eigenvalue weighted by Crippen LogP contribution is 2.16. The Morgan fingerprint density at radius 2 is 1.93 bits per heavy atom. The van der Waals surface area contributed by atoms with Crippen LogP contribution < -0.4 is 10.6 Å². The minimum atomic E-state index is 0. The van der Waals surface area contributed by atoms with Crippen molar-refractivity contribution in [2.75, 3.05) is 26.7 Å². The quantitative estimate of drug-likeness (QED) is 0.381. The largest absolute Gasteiger partial charge is 0.356 e. The van der Waals surface area contributed by atoms with Crippen LogP contribution in [-0.4, -0.2) is 49.5 Å². The number of guanidine groups is 1. The summed E-state index contributed by atoms with van der Waals surface area (Å²) in [7, 11) is 1.81. The molecule has 1 unspecified atom stereocenters. The molecule has 1 atom stereocenters. The lowest BCUT2D eigenvalue weighted by molar-refractivity contribution is -0.135. The van der Waals surface area contributed by atoms with Crippen LogP contribution in [-0.2, 0) is 4.79 Å². The zero-order valence-electron chi connectivity index (χ0n) is 17.3. The highest BCUT2D eigenvalue weighted by atomic mass is 127. The van der Waals surface area contributed by atoms with Gasteiger partial charge in [-0.15, -0.1) is 24.0 Å². The summed E-state index contributed by atoms with van der Waals surface area (Å²) >= 11 is 0. The lowest BCUT2D eigenvalue weighted by Crippen LogP contribution is -2.50. The summed E-state index contributed by atoms with van der Waals surface area (Å²) in [5, 5.41) is 6.96. The molecule has 1 aliphatic rings. The summed E-state index contributed by atoms with van der Waals surface area (Å²) in [6.07, 6.45) is 1.93. The second-order valence-electron chi connectivity index (χ2n) is 7.67. The van der Waals surface area contributed by atoms with Gasteiger partial charge >= 0.3 is 0 Å². The van der Waals surface area contributed by atoms with Gasteiger partial charge < -0.3 is 15.5 Å². The highest BCUT2D eigenvalue weighted by molar-refractivity contribution is 14.0. The van der Waals surface area contributed by atoms with Crippen LogP contribution in [0.15, 0.2) is 29.3 Å². The van der Waals surface area contributed by atoms with E-state index in [1.54, 1.807) is 0 Å². The Labute approximate surface area is 181 Å². The average Bonchev–Trinajstić information content (AvgIpc) is 2.64. The summed E-state index contributed by atoms with van der Waals surface area (Å²) in [5.41, 5.74) is 2.63. The van der Waals surface area contributed by atoms with Crippen LogP contribution >= 0.6 is 24.0 Å².